The minimum Gasteiger partial charge on any atom is -0.465 e. The van der Waals surface area contributed by atoms with E-state index >= 15 is 0 Å². The monoisotopic (exact) mass is 798 g/mol. The molecule has 0 N–H and O–H groups in total. The molecule has 0 amide bonds. The van der Waals surface area contributed by atoms with Crippen molar-refractivity contribution in [1.82, 2.24) is 0 Å². The van der Waals surface area contributed by atoms with Crippen molar-refractivity contribution in [3.05, 3.63) is 0 Å². The van der Waals surface area contributed by atoms with Gasteiger partial charge in [-0.2, -0.15) is 37.0 Å². The summed E-state index contributed by atoms with van der Waals surface area (Å²) >= 11 is 13.6. The fourth-order valence-electron chi connectivity index (χ4n) is 6.13. The topological polar surface area (TPSA) is 150 Å². The summed E-state index contributed by atoms with van der Waals surface area (Å²) < 4.78 is 38.1. The molecule has 2 bridgehead atoms. The molecule has 2 saturated carbocycles. The number of hydrogen-bond acceptors (Lipinski definition) is 16. The molecule has 4 atom stereocenters. The van der Waals surface area contributed by atoms with Crippen molar-refractivity contribution in [2.24, 2.45) is 23.2 Å². The van der Waals surface area contributed by atoms with Gasteiger partial charge in [0.05, 0.1) is 30.8 Å². The highest BCUT2D eigenvalue weighted by molar-refractivity contribution is 7.99. The zero-order valence-corrected chi connectivity index (χ0v) is 34.2. The maximum atomic E-state index is 13.3. The molecule has 0 radical (unpaired) electrons. The molecule has 2 aliphatic rings. The molecule has 2 rings (SSSR count). The summed E-state index contributed by atoms with van der Waals surface area (Å²) in [7, 11) is 0. The lowest BCUT2D eigenvalue weighted by Gasteiger charge is -2.32. The fraction of sp³-hybridized carbons (Fsp3) is 0.857. The lowest BCUT2D eigenvalue weighted by molar-refractivity contribution is -0.166. The zero-order valence-electron chi connectivity index (χ0n) is 30.7. The standard InChI is InChI=1S/C35H58O12S4/c1-33(2,3)46-12-7-6-11-34(4,5)47-31(39)26-17-24-16-25(26)27(18-24)51-15-10-30(38)43-21-35(19-41-28(36)8-13-48,20-42-29(37)9-14-49)22-44-32(40)45-23-50/h24-27,48-50H,6-23H2,1-5H3. The van der Waals surface area contributed by atoms with E-state index in [4.69, 9.17) is 33.2 Å². The highest BCUT2D eigenvalue weighted by atomic mass is 32.2. The van der Waals surface area contributed by atoms with E-state index in [9.17, 15) is 24.0 Å². The number of carbonyl (C=O) groups is 5. The Balaban J connectivity index is 1.93. The molecule has 2 fully saturated rings. The second kappa shape index (κ2) is 22.7. The Morgan fingerprint density at radius 2 is 1.27 bits per heavy atom. The molecule has 0 heterocycles. The summed E-state index contributed by atoms with van der Waals surface area (Å²) in [6.45, 7) is 9.17. The van der Waals surface area contributed by atoms with Gasteiger partial charge in [0.15, 0.2) is 0 Å². The van der Waals surface area contributed by atoms with Gasteiger partial charge in [-0.3, -0.25) is 19.2 Å². The van der Waals surface area contributed by atoms with Crippen LogP contribution in [0.3, 0.4) is 0 Å². The normalized spacial score (nSPS) is 20.1. The van der Waals surface area contributed by atoms with E-state index in [0.717, 1.165) is 38.5 Å². The average molecular weight is 799 g/mol. The molecule has 16 heteroatoms. The van der Waals surface area contributed by atoms with Gasteiger partial charge >= 0.3 is 30.0 Å². The van der Waals surface area contributed by atoms with Crippen LogP contribution in [-0.4, -0.2) is 103 Å². The van der Waals surface area contributed by atoms with Crippen LogP contribution < -0.4 is 0 Å². The Morgan fingerprint density at radius 1 is 0.706 bits per heavy atom. The van der Waals surface area contributed by atoms with Crippen LogP contribution in [0.2, 0.25) is 0 Å². The van der Waals surface area contributed by atoms with Crippen molar-refractivity contribution in [3.8, 4) is 0 Å². The number of esters is 4. The van der Waals surface area contributed by atoms with Crippen LogP contribution in [-0.2, 0) is 52.3 Å². The lowest BCUT2D eigenvalue weighted by Crippen LogP contribution is -2.44. The van der Waals surface area contributed by atoms with E-state index < -0.39 is 41.7 Å². The maximum Gasteiger partial charge on any atom is 0.509 e. The quantitative estimate of drug-likeness (QED) is 0.0339. The first kappa shape index (κ1) is 45.7. The van der Waals surface area contributed by atoms with Crippen LogP contribution in [0, 0.1) is 23.2 Å². The van der Waals surface area contributed by atoms with Crippen molar-refractivity contribution < 1.29 is 57.1 Å². The van der Waals surface area contributed by atoms with Crippen LogP contribution in [0.5, 0.6) is 0 Å². The largest absolute Gasteiger partial charge is 0.509 e. The van der Waals surface area contributed by atoms with E-state index in [1.807, 2.05) is 34.6 Å². The minimum atomic E-state index is -1.40. The van der Waals surface area contributed by atoms with Gasteiger partial charge in [0.1, 0.15) is 43.4 Å². The van der Waals surface area contributed by atoms with Crippen molar-refractivity contribution in [3.63, 3.8) is 0 Å². The molecule has 0 aromatic rings. The lowest BCUT2D eigenvalue weighted by atomic mass is 9.88. The molecule has 0 spiro atoms. The Kier molecular flexibility index (Phi) is 20.3. The van der Waals surface area contributed by atoms with Gasteiger partial charge in [-0.25, -0.2) is 4.79 Å². The first-order valence-corrected chi connectivity index (χ1v) is 20.5. The van der Waals surface area contributed by atoms with Crippen molar-refractivity contribution in [1.29, 1.82) is 0 Å². The van der Waals surface area contributed by atoms with Crippen LogP contribution in [0.4, 0.5) is 4.79 Å². The van der Waals surface area contributed by atoms with E-state index in [-0.39, 0.29) is 85.2 Å². The molecule has 51 heavy (non-hydrogen) atoms. The summed E-state index contributed by atoms with van der Waals surface area (Å²) in [5.41, 5.74) is -2.13. The molecule has 0 saturated heterocycles. The molecule has 4 unspecified atom stereocenters. The van der Waals surface area contributed by atoms with Crippen molar-refractivity contribution >= 4 is 79.7 Å². The number of thioether (sulfide) groups is 1. The maximum absolute atomic E-state index is 13.3. The molecule has 12 nitrogen and oxygen atoms in total. The van der Waals surface area contributed by atoms with E-state index in [1.165, 1.54) is 0 Å². The predicted molar refractivity (Wildman–Crippen MR) is 203 cm³/mol. The number of ether oxygens (including phenoxy) is 7. The van der Waals surface area contributed by atoms with Gasteiger partial charge in [0.2, 0.25) is 0 Å². The minimum absolute atomic E-state index is 0.0191. The number of fused-ring (bicyclic) bond motifs is 2. The van der Waals surface area contributed by atoms with Gasteiger partial charge in [-0.05, 0) is 85.0 Å². The number of rotatable bonds is 24. The predicted octanol–water partition coefficient (Wildman–Crippen LogP) is 6.13. The Bertz CT molecular complexity index is 1070. The summed E-state index contributed by atoms with van der Waals surface area (Å²) in [4.78, 5) is 62.6. The van der Waals surface area contributed by atoms with Gasteiger partial charge in [0.25, 0.3) is 0 Å². The fourth-order valence-corrected chi connectivity index (χ4v) is 8.14. The van der Waals surface area contributed by atoms with Gasteiger partial charge < -0.3 is 33.2 Å². The number of carbonyl (C=O) groups excluding carboxylic acids is 5. The second-order valence-electron chi connectivity index (χ2n) is 14.8. The third kappa shape index (κ3) is 17.9. The van der Waals surface area contributed by atoms with Crippen LogP contribution in [0.1, 0.15) is 92.4 Å². The average Bonchev–Trinajstić information content (AvgIpc) is 3.65. The summed E-state index contributed by atoms with van der Waals surface area (Å²) in [5.74, 6) is -0.571. The van der Waals surface area contributed by atoms with E-state index in [0.29, 0.717) is 18.3 Å². The number of hydrogen-bond donors (Lipinski definition) is 3. The van der Waals surface area contributed by atoms with E-state index in [2.05, 4.69) is 37.9 Å². The van der Waals surface area contributed by atoms with Gasteiger partial charge in [-0.1, -0.05) is 0 Å². The molecular formula is C35H58O12S4. The first-order valence-electron chi connectivity index (χ1n) is 17.6. The highest BCUT2D eigenvalue weighted by Gasteiger charge is 2.50. The summed E-state index contributed by atoms with van der Waals surface area (Å²) in [6.07, 6.45) is 4.44. The molecule has 294 valence electrons. The van der Waals surface area contributed by atoms with Crippen LogP contribution >= 0.6 is 49.6 Å². The third-order valence-electron chi connectivity index (χ3n) is 8.71. The van der Waals surface area contributed by atoms with Gasteiger partial charge in [0, 0.05) is 29.1 Å². The van der Waals surface area contributed by atoms with Crippen LogP contribution in [0.25, 0.3) is 0 Å². The van der Waals surface area contributed by atoms with Crippen LogP contribution in [0.15, 0.2) is 0 Å². The molecule has 0 aliphatic heterocycles. The molecular weight excluding hydrogens is 741 g/mol. The zero-order chi connectivity index (χ0) is 38.1. The smallest absolute Gasteiger partial charge is 0.465 e. The Hall–Kier alpha value is -1.49. The first-order chi connectivity index (χ1) is 24.0. The summed E-state index contributed by atoms with van der Waals surface area (Å²) in [6, 6.07) is 0. The summed E-state index contributed by atoms with van der Waals surface area (Å²) in [5, 5.41) is 0.231. The third-order valence-corrected chi connectivity index (χ3v) is 10.7. The Labute approximate surface area is 323 Å². The SMILES string of the molecule is CC(C)(C)OCCCCC(C)(C)OC(=O)C1CC2CC(SCCC(=O)OCC(COC(=O)CCS)(COC(=O)CCS)COC(=O)OCS)C1C2. The van der Waals surface area contributed by atoms with E-state index in [1.54, 1.807) is 11.8 Å². The molecule has 0 aromatic carbocycles. The number of unbranched alkanes of at least 4 members (excludes halogenated alkanes) is 1. The van der Waals surface area contributed by atoms with Crippen molar-refractivity contribution in [2.45, 2.75) is 109 Å². The van der Waals surface area contributed by atoms with Gasteiger partial charge in [-0.15, -0.1) is 12.6 Å². The second-order valence-corrected chi connectivity index (χ2v) is 17.3. The molecule has 2 aliphatic carbocycles. The number of thiol groups is 3. The molecule has 0 aromatic heterocycles. The Morgan fingerprint density at radius 3 is 1.80 bits per heavy atom. The van der Waals surface area contributed by atoms with Crippen molar-refractivity contribution in [2.75, 3.05) is 56.2 Å². The highest BCUT2D eigenvalue weighted by Crippen LogP contribution is 2.53.